The summed E-state index contributed by atoms with van der Waals surface area (Å²) in [5, 5.41) is 10.1. The first kappa shape index (κ1) is 23.0. The summed E-state index contributed by atoms with van der Waals surface area (Å²) >= 11 is 0. The molecule has 0 saturated heterocycles. The van der Waals surface area contributed by atoms with Gasteiger partial charge in [-0.1, -0.05) is 80.6 Å². The Morgan fingerprint density at radius 2 is 1.56 bits per heavy atom. The highest BCUT2D eigenvalue weighted by Gasteiger charge is 2.23. The molecule has 0 aliphatic carbocycles. The molecule has 0 radical (unpaired) electrons. The maximum Gasteiger partial charge on any atom is 0.336 e. The van der Waals surface area contributed by atoms with Crippen molar-refractivity contribution in [3.05, 3.63) is 118 Å². The Bertz CT molecular complexity index is 1390. The largest absolute Gasteiger partial charge is 0.478 e. The minimum Gasteiger partial charge on any atom is -0.478 e. The first-order valence-corrected chi connectivity index (χ1v) is 11.2. The van der Waals surface area contributed by atoms with Crippen LogP contribution in [0, 0.1) is 0 Å². The Morgan fingerprint density at radius 1 is 0.912 bits per heavy atom. The molecule has 4 aromatic rings. The summed E-state index contributed by atoms with van der Waals surface area (Å²) in [5.41, 5.74) is 2.65. The van der Waals surface area contributed by atoms with Crippen molar-refractivity contribution in [2.75, 3.05) is 0 Å². The molecule has 0 saturated carbocycles. The lowest BCUT2D eigenvalue weighted by Crippen LogP contribution is -2.30. The van der Waals surface area contributed by atoms with Gasteiger partial charge in [-0.05, 0) is 41.2 Å². The van der Waals surface area contributed by atoms with Gasteiger partial charge in [0, 0.05) is 17.5 Å². The predicted molar refractivity (Wildman–Crippen MR) is 132 cm³/mol. The molecular formula is C28H26N2O4. The van der Waals surface area contributed by atoms with E-state index >= 15 is 0 Å². The van der Waals surface area contributed by atoms with Gasteiger partial charge in [0.25, 0.3) is 5.91 Å². The molecule has 1 unspecified atom stereocenters. The van der Waals surface area contributed by atoms with Crippen molar-refractivity contribution < 1.29 is 14.7 Å². The number of hydrogen-bond donors (Lipinski definition) is 1. The first-order chi connectivity index (χ1) is 16.4. The van der Waals surface area contributed by atoms with E-state index in [9.17, 15) is 19.5 Å². The van der Waals surface area contributed by atoms with E-state index in [2.05, 4.69) is 0 Å². The fourth-order valence-electron chi connectivity index (χ4n) is 4.14. The molecule has 3 aromatic carbocycles. The lowest BCUT2D eigenvalue weighted by molar-refractivity contribution is 0.0696. The minimum atomic E-state index is -1.06. The minimum absolute atomic E-state index is 0.00288. The van der Waals surface area contributed by atoms with Gasteiger partial charge in [0.05, 0.1) is 12.1 Å². The highest BCUT2D eigenvalue weighted by atomic mass is 16.4. The zero-order chi connectivity index (χ0) is 24.2. The molecular weight excluding hydrogens is 428 g/mol. The summed E-state index contributed by atoms with van der Waals surface area (Å²) in [6.07, 6.45) is 2.35. The van der Waals surface area contributed by atoms with Gasteiger partial charge in [-0.25, -0.2) is 14.2 Å². The summed E-state index contributed by atoms with van der Waals surface area (Å²) in [7, 11) is 0. The molecule has 1 aromatic heterocycles. The first-order valence-electron chi connectivity index (χ1n) is 11.2. The van der Waals surface area contributed by atoms with Gasteiger partial charge >= 0.3 is 11.7 Å². The summed E-state index contributed by atoms with van der Waals surface area (Å²) in [4.78, 5) is 38.8. The molecule has 6 heteroatoms. The van der Waals surface area contributed by atoms with Crippen LogP contribution in [0.2, 0.25) is 0 Å². The van der Waals surface area contributed by atoms with Gasteiger partial charge in [0.2, 0.25) is 0 Å². The monoisotopic (exact) mass is 454 g/mol. The van der Waals surface area contributed by atoms with Crippen LogP contribution in [0.1, 0.15) is 58.2 Å². The number of nitrogens with zero attached hydrogens (tertiary/aromatic N) is 2. The van der Waals surface area contributed by atoms with Crippen LogP contribution in [0.5, 0.6) is 0 Å². The van der Waals surface area contributed by atoms with E-state index in [0.717, 1.165) is 16.6 Å². The number of aromatic nitrogens is 2. The van der Waals surface area contributed by atoms with Crippen LogP contribution in [0.25, 0.3) is 11.1 Å². The Kier molecular flexibility index (Phi) is 6.59. The number of imidazole rings is 1. The molecule has 6 nitrogen and oxygen atoms in total. The Labute approximate surface area is 197 Å². The van der Waals surface area contributed by atoms with Crippen LogP contribution in [0.15, 0.2) is 89.9 Å². The second-order valence-electron chi connectivity index (χ2n) is 8.28. The molecule has 34 heavy (non-hydrogen) atoms. The number of hydrogen-bond acceptors (Lipinski definition) is 3. The third-order valence-electron chi connectivity index (χ3n) is 6.14. The van der Waals surface area contributed by atoms with E-state index in [1.165, 1.54) is 4.57 Å². The van der Waals surface area contributed by atoms with Crippen molar-refractivity contribution in [3.63, 3.8) is 0 Å². The Morgan fingerprint density at radius 3 is 2.18 bits per heavy atom. The number of carboxylic acids is 1. The topological polar surface area (TPSA) is 81.3 Å². The van der Waals surface area contributed by atoms with Crippen LogP contribution in [0.3, 0.4) is 0 Å². The van der Waals surface area contributed by atoms with Crippen LogP contribution < -0.4 is 5.69 Å². The summed E-state index contributed by atoms with van der Waals surface area (Å²) in [6, 6.07) is 23.2. The molecule has 4 rings (SSSR count). The van der Waals surface area contributed by atoms with E-state index in [1.54, 1.807) is 48.7 Å². The smallest absolute Gasteiger partial charge is 0.336 e. The number of carbonyl (C=O) groups is 2. The standard InChI is InChI=1S/C28H26N2O4/c1-3-19(2)24-18-30(26(31)21-13-8-5-9-14-21)28(34)29(24)17-22-15-10-16-23(25(22)27(32)33)20-11-6-4-7-12-20/h4-16,18-19H,3,17H2,1-2H3,(H,32,33). The van der Waals surface area contributed by atoms with Gasteiger partial charge in [-0.3, -0.25) is 9.36 Å². The summed E-state index contributed by atoms with van der Waals surface area (Å²) in [5.74, 6) is -1.47. The number of benzene rings is 3. The lowest BCUT2D eigenvalue weighted by atomic mass is 9.95. The number of carbonyl (C=O) groups excluding carboxylic acids is 1. The molecule has 1 atom stereocenters. The summed E-state index contributed by atoms with van der Waals surface area (Å²) < 4.78 is 2.64. The van der Waals surface area contributed by atoms with Gasteiger partial charge in [0.15, 0.2) is 0 Å². The second kappa shape index (κ2) is 9.75. The third kappa shape index (κ3) is 4.35. The van der Waals surface area contributed by atoms with E-state index in [-0.39, 0.29) is 18.0 Å². The lowest BCUT2D eigenvalue weighted by Gasteiger charge is -2.15. The normalized spacial score (nSPS) is 11.8. The Balaban J connectivity index is 1.85. The highest BCUT2D eigenvalue weighted by Crippen LogP contribution is 2.28. The molecule has 1 heterocycles. The Hall–Kier alpha value is -4.19. The molecule has 0 bridgehead atoms. The zero-order valence-corrected chi connectivity index (χ0v) is 19.1. The van der Waals surface area contributed by atoms with Gasteiger partial charge in [-0.15, -0.1) is 0 Å². The molecule has 0 amide bonds. The SMILES string of the molecule is CCC(C)c1cn(C(=O)c2ccccc2)c(=O)n1Cc1cccc(-c2ccccc2)c1C(=O)O. The van der Waals surface area contributed by atoms with Crippen LogP contribution >= 0.6 is 0 Å². The maximum absolute atomic E-state index is 13.4. The van der Waals surface area contributed by atoms with Gasteiger partial charge < -0.3 is 5.11 Å². The zero-order valence-electron chi connectivity index (χ0n) is 19.1. The molecule has 1 N–H and O–H groups in total. The third-order valence-corrected chi connectivity index (χ3v) is 6.14. The summed E-state index contributed by atoms with van der Waals surface area (Å²) in [6.45, 7) is 4.05. The van der Waals surface area contributed by atoms with Crippen molar-refractivity contribution >= 4 is 11.9 Å². The average Bonchev–Trinajstić information content (AvgIpc) is 3.19. The maximum atomic E-state index is 13.4. The molecule has 0 spiro atoms. The quantitative estimate of drug-likeness (QED) is 0.413. The van der Waals surface area contributed by atoms with Crippen molar-refractivity contribution in [1.82, 2.24) is 9.13 Å². The van der Waals surface area contributed by atoms with Crippen molar-refractivity contribution in [1.29, 1.82) is 0 Å². The second-order valence-corrected chi connectivity index (χ2v) is 8.28. The van der Waals surface area contributed by atoms with E-state index in [4.69, 9.17) is 0 Å². The molecule has 172 valence electrons. The average molecular weight is 455 g/mol. The fraction of sp³-hybridized carbons (Fsp3) is 0.179. The number of carboxylic acid groups (broad SMARTS) is 1. The molecule has 0 aliphatic heterocycles. The highest BCUT2D eigenvalue weighted by molar-refractivity contribution is 5.98. The van der Waals surface area contributed by atoms with Gasteiger partial charge in [0.1, 0.15) is 0 Å². The van der Waals surface area contributed by atoms with E-state index < -0.39 is 17.6 Å². The van der Waals surface area contributed by atoms with Crippen LogP contribution in [-0.4, -0.2) is 26.1 Å². The fourth-order valence-corrected chi connectivity index (χ4v) is 4.14. The van der Waals surface area contributed by atoms with Crippen molar-refractivity contribution in [2.24, 2.45) is 0 Å². The van der Waals surface area contributed by atoms with Gasteiger partial charge in [-0.2, -0.15) is 0 Å². The van der Waals surface area contributed by atoms with E-state index in [0.29, 0.717) is 22.4 Å². The predicted octanol–water partition coefficient (Wildman–Crippen LogP) is 5.27. The van der Waals surface area contributed by atoms with Crippen molar-refractivity contribution in [3.8, 4) is 11.1 Å². The van der Waals surface area contributed by atoms with Crippen LogP contribution in [0.4, 0.5) is 0 Å². The molecule has 0 fully saturated rings. The van der Waals surface area contributed by atoms with Crippen molar-refractivity contribution in [2.45, 2.75) is 32.7 Å². The number of aromatic carboxylic acids is 1. The molecule has 0 aliphatic rings. The van der Waals surface area contributed by atoms with Crippen LogP contribution in [-0.2, 0) is 6.54 Å². The number of rotatable bonds is 7. The van der Waals surface area contributed by atoms with E-state index in [1.807, 2.05) is 50.2 Å².